The molecule has 1 heterocycles. The van der Waals surface area contributed by atoms with E-state index in [0.717, 1.165) is 15.2 Å². The predicted molar refractivity (Wildman–Crippen MR) is 74.0 cm³/mol. The summed E-state index contributed by atoms with van der Waals surface area (Å²) in [4.78, 5) is 16.4. The number of benzene rings is 1. The second-order valence-corrected chi connectivity index (χ2v) is 5.93. The van der Waals surface area contributed by atoms with Crippen LogP contribution in [0.3, 0.4) is 0 Å². The Morgan fingerprint density at radius 2 is 2.29 bits per heavy atom. The summed E-state index contributed by atoms with van der Waals surface area (Å²) in [6, 6.07) is 5.20. The lowest BCUT2D eigenvalue weighted by Crippen LogP contribution is -2.04. The van der Waals surface area contributed by atoms with Crippen molar-refractivity contribution in [1.29, 1.82) is 0 Å². The smallest absolute Gasteiger partial charge is 0.170 e. The monoisotopic (exact) mass is 329 g/mol. The lowest BCUT2D eigenvalue weighted by atomic mass is 10.1. The van der Waals surface area contributed by atoms with E-state index in [9.17, 15) is 4.79 Å². The van der Waals surface area contributed by atoms with E-state index in [-0.39, 0.29) is 5.78 Å². The standard InChI is InChI=1S/C12H9BrClNOS/c1-7-15-9(6-17-7)5-12(16)10-4-8(14)2-3-11(10)13/h2-4,6H,5H2,1H3. The topological polar surface area (TPSA) is 30.0 Å². The number of hydrogen-bond acceptors (Lipinski definition) is 3. The maximum atomic E-state index is 12.1. The van der Waals surface area contributed by atoms with E-state index in [1.165, 1.54) is 0 Å². The molecule has 0 aliphatic carbocycles. The highest BCUT2D eigenvalue weighted by atomic mass is 79.9. The zero-order valence-corrected chi connectivity index (χ0v) is 12.2. The van der Waals surface area contributed by atoms with Crippen molar-refractivity contribution in [2.24, 2.45) is 0 Å². The average molecular weight is 331 g/mol. The van der Waals surface area contributed by atoms with Gasteiger partial charge in [0.15, 0.2) is 5.78 Å². The molecule has 2 nitrogen and oxygen atoms in total. The van der Waals surface area contributed by atoms with Crippen molar-refractivity contribution in [1.82, 2.24) is 4.98 Å². The first-order chi connectivity index (χ1) is 8.06. The van der Waals surface area contributed by atoms with Gasteiger partial charge in [-0.05, 0) is 25.1 Å². The number of nitrogens with zero attached hydrogens (tertiary/aromatic N) is 1. The minimum absolute atomic E-state index is 0.0182. The number of aryl methyl sites for hydroxylation is 1. The van der Waals surface area contributed by atoms with Gasteiger partial charge in [0.2, 0.25) is 0 Å². The Balaban J connectivity index is 2.22. The molecule has 5 heteroatoms. The molecule has 0 aliphatic rings. The Morgan fingerprint density at radius 3 is 2.94 bits per heavy atom. The fourth-order valence-corrected chi connectivity index (χ4v) is 2.71. The van der Waals surface area contributed by atoms with Crippen LogP contribution in [0.25, 0.3) is 0 Å². The minimum atomic E-state index is 0.0182. The zero-order valence-electron chi connectivity index (χ0n) is 9.04. The number of Topliss-reactive ketones (excluding diaryl/α,β-unsaturated/α-hetero) is 1. The van der Waals surface area contributed by atoms with Crippen LogP contribution in [0.4, 0.5) is 0 Å². The quantitative estimate of drug-likeness (QED) is 0.786. The molecule has 1 aromatic heterocycles. The molecule has 0 fully saturated rings. The summed E-state index contributed by atoms with van der Waals surface area (Å²) < 4.78 is 0.763. The largest absolute Gasteiger partial charge is 0.294 e. The molecule has 0 spiro atoms. The minimum Gasteiger partial charge on any atom is -0.294 e. The van der Waals surface area contributed by atoms with Crippen LogP contribution in [-0.2, 0) is 6.42 Å². The number of ketones is 1. The first-order valence-corrected chi connectivity index (χ1v) is 7.00. The van der Waals surface area contributed by atoms with Crippen molar-refractivity contribution in [2.45, 2.75) is 13.3 Å². The summed E-state index contributed by atoms with van der Waals surface area (Å²) in [6.07, 6.45) is 0.309. The van der Waals surface area contributed by atoms with E-state index in [0.29, 0.717) is 17.0 Å². The summed E-state index contributed by atoms with van der Waals surface area (Å²) >= 11 is 10.8. The van der Waals surface area contributed by atoms with Crippen LogP contribution in [0.2, 0.25) is 5.02 Å². The van der Waals surface area contributed by atoms with Gasteiger partial charge in [0.1, 0.15) is 0 Å². The Hall–Kier alpha value is -0.710. The van der Waals surface area contributed by atoms with Gasteiger partial charge in [-0.25, -0.2) is 4.98 Å². The van der Waals surface area contributed by atoms with Gasteiger partial charge in [0.05, 0.1) is 17.1 Å². The molecule has 1 aromatic carbocycles. The molecule has 0 radical (unpaired) electrons. The molecule has 0 amide bonds. The molecule has 0 saturated heterocycles. The van der Waals surface area contributed by atoms with Gasteiger partial charge in [0.25, 0.3) is 0 Å². The van der Waals surface area contributed by atoms with Gasteiger partial charge < -0.3 is 0 Å². The molecular formula is C12H9BrClNOS. The zero-order chi connectivity index (χ0) is 12.4. The van der Waals surface area contributed by atoms with Crippen LogP contribution in [0.1, 0.15) is 21.1 Å². The second-order valence-electron chi connectivity index (χ2n) is 3.58. The molecule has 0 unspecified atom stereocenters. The highest BCUT2D eigenvalue weighted by Gasteiger charge is 2.12. The first-order valence-electron chi connectivity index (χ1n) is 4.95. The third-order valence-corrected chi connectivity index (χ3v) is 3.99. The van der Waals surface area contributed by atoms with Crippen molar-refractivity contribution in [3.63, 3.8) is 0 Å². The number of hydrogen-bond donors (Lipinski definition) is 0. The maximum Gasteiger partial charge on any atom is 0.170 e. The molecule has 0 aliphatic heterocycles. The van der Waals surface area contributed by atoms with Gasteiger partial charge in [-0.15, -0.1) is 11.3 Å². The third-order valence-electron chi connectivity index (χ3n) is 2.24. The van der Waals surface area contributed by atoms with Crippen molar-refractivity contribution in [3.8, 4) is 0 Å². The summed E-state index contributed by atoms with van der Waals surface area (Å²) in [7, 11) is 0. The van der Waals surface area contributed by atoms with Crippen LogP contribution >= 0.6 is 38.9 Å². The Kier molecular flexibility index (Phi) is 3.97. The van der Waals surface area contributed by atoms with Crippen molar-refractivity contribution < 1.29 is 4.79 Å². The lowest BCUT2D eigenvalue weighted by molar-refractivity contribution is 0.0991. The van der Waals surface area contributed by atoms with E-state index >= 15 is 0 Å². The predicted octanol–water partition coefficient (Wildman–Crippen LogP) is 4.29. The molecule has 0 N–H and O–H groups in total. The van der Waals surface area contributed by atoms with Crippen LogP contribution in [-0.4, -0.2) is 10.8 Å². The number of thiazole rings is 1. The molecule has 0 saturated carbocycles. The fourth-order valence-electron chi connectivity index (χ4n) is 1.46. The second kappa shape index (κ2) is 5.29. The molecule has 2 rings (SSSR count). The molecule has 2 aromatic rings. The Labute approximate surface area is 117 Å². The highest BCUT2D eigenvalue weighted by molar-refractivity contribution is 9.10. The number of aromatic nitrogens is 1. The van der Waals surface area contributed by atoms with E-state index in [2.05, 4.69) is 20.9 Å². The maximum absolute atomic E-state index is 12.1. The Bertz CT molecular complexity index is 567. The average Bonchev–Trinajstić information content (AvgIpc) is 2.67. The van der Waals surface area contributed by atoms with Gasteiger partial charge in [-0.1, -0.05) is 27.5 Å². The van der Waals surface area contributed by atoms with Crippen LogP contribution in [0, 0.1) is 6.92 Å². The third kappa shape index (κ3) is 3.15. The SMILES string of the molecule is Cc1nc(CC(=O)c2cc(Cl)ccc2Br)cs1. The summed E-state index contributed by atoms with van der Waals surface area (Å²) in [5.41, 5.74) is 1.41. The number of rotatable bonds is 3. The number of carbonyl (C=O) groups excluding carboxylic acids is 1. The van der Waals surface area contributed by atoms with Crippen LogP contribution < -0.4 is 0 Å². The van der Waals surface area contributed by atoms with Gasteiger partial charge in [-0.3, -0.25) is 4.79 Å². The molecule has 0 bridgehead atoms. The molecule has 0 atom stereocenters. The molecule has 17 heavy (non-hydrogen) atoms. The summed E-state index contributed by atoms with van der Waals surface area (Å²) in [5.74, 6) is 0.0182. The van der Waals surface area contributed by atoms with E-state index in [1.54, 1.807) is 29.5 Å². The number of carbonyl (C=O) groups is 1. The Morgan fingerprint density at radius 1 is 1.53 bits per heavy atom. The van der Waals surface area contributed by atoms with Crippen LogP contribution in [0.5, 0.6) is 0 Å². The summed E-state index contributed by atoms with van der Waals surface area (Å²) in [5, 5.41) is 3.44. The normalized spacial score (nSPS) is 10.5. The van der Waals surface area contributed by atoms with Gasteiger partial charge >= 0.3 is 0 Å². The molecule has 88 valence electrons. The first kappa shape index (κ1) is 12.7. The summed E-state index contributed by atoms with van der Waals surface area (Å²) in [6.45, 7) is 1.92. The van der Waals surface area contributed by atoms with Gasteiger partial charge in [0, 0.05) is 20.4 Å². The number of halogens is 2. The molecular weight excluding hydrogens is 322 g/mol. The van der Waals surface area contributed by atoms with Crippen molar-refractivity contribution in [3.05, 3.63) is 49.3 Å². The van der Waals surface area contributed by atoms with E-state index in [1.807, 2.05) is 12.3 Å². The lowest BCUT2D eigenvalue weighted by Gasteiger charge is -2.03. The van der Waals surface area contributed by atoms with E-state index in [4.69, 9.17) is 11.6 Å². The van der Waals surface area contributed by atoms with Crippen molar-refractivity contribution in [2.75, 3.05) is 0 Å². The van der Waals surface area contributed by atoms with Crippen molar-refractivity contribution >= 4 is 44.7 Å². The van der Waals surface area contributed by atoms with Gasteiger partial charge in [-0.2, -0.15) is 0 Å². The van der Waals surface area contributed by atoms with E-state index < -0.39 is 0 Å². The van der Waals surface area contributed by atoms with Crippen LogP contribution in [0.15, 0.2) is 28.1 Å². The highest BCUT2D eigenvalue weighted by Crippen LogP contribution is 2.23. The fraction of sp³-hybridized carbons (Fsp3) is 0.167.